The molecular weight excluding hydrogens is 88.1 g/mol. The highest BCUT2D eigenvalue weighted by molar-refractivity contribution is 5.48. The van der Waals surface area contributed by atoms with Gasteiger partial charge in [-0.1, -0.05) is 19.7 Å². The Morgan fingerprint density at radius 1 is 1.71 bits per heavy atom. The predicted octanol–water partition coefficient (Wildman–Crippen LogP) is 1.77. The van der Waals surface area contributed by atoms with E-state index in [2.05, 4.69) is 0 Å². The van der Waals surface area contributed by atoms with E-state index in [0.29, 0.717) is 0 Å². The van der Waals surface area contributed by atoms with Crippen molar-refractivity contribution in [3.05, 3.63) is 0 Å². The highest BCUT2D eigenvalue weighted by Crippen LogP contribution is 1.94. The fourth-order valence-electron chi connectivity index (χ4n) is 0.169. The van der Waals surface area contributed by atoms with Gasteiger partial charge in [-0.2, -0.15) is 0 Å². The van der Waals surface area contributed by atoms with E-state index in [-0.39, 0.29) is 12.7 Å². The average Bonchev–Trinajstić information content (AvgIpc) is 2.03. The first-order valence-electron chi connectivity index (χ1n) is 5.09. The first-order chi connectivity index (χ1) is 5.62. The highest BCUT2D eigenvalue weighted by Gasteiger charge is 1.80. The van der Waals surface area contributed by atoms with E-state index >= 15 is 0 Å². The molecule has 0 saturated carbocycles. The molecule has 1 nitrogen and oxygen atoms in total. The molecule has 0 spiro atoms. The number of hydrogen-bond acceptors (Lipinski definition) is 1. The lowest BCUT2D eigenvalue weighted by atomic mass is 10.2. The zero-order valence-electron chi connectivity index (χ0n) is 10.2. The maximum absolute atomic E-state index is 10.3. The lowest BCUT2D eigenvalue weighted by Gasteiger charge is -1.85. The molecule has 0 bridgehead atoms. The van der Waals surface area contributed by atoms with Gasteiger partial charge in [0.15, 0.2) is 0 Å². The summed E-state index contributed by atoms with van der Waals surface area (Å²) < 4.78 is 42.9. The van der Waals surface area contributed by atoms with Crippen LogP contribution in [0.1, 0.15) is 40.7 Å². The fourth-order valence-corrected chi connectivity index (χ4v) is 0.169. The van der Waals surface area contributed by atoms with Gasteiger partial charge in [0.1, 0.15) is 6.29 Å². The van der Waals surface area contributed by atoms with Crippen molar-refractivity contribution in [1.82, 2.24) is 0 Å². The molecule has 0 N–H and O–H groups in total. The minimum absolute atomic E-state index is 0.187. The molecule has 0 aliphatic heterocycles. The van der Waals surface area contributed by atoms with Crippen molar-refractivity contribution in [1.29, 1.82) is 0 Å². The van der Waals surface area contributed by atoms with E-state index < -0.39 is 19.1 Å². The Morgan fingerprint density at radius 3 is 2.86 bits per heavy atom. The molecule has 0 aromatic heterocycles. The van der Waals surface area contributed by atoms with Crippen LogP contribution in [0, 0.1) is 0 Å². The Kier molecular flexibility index (Phi) is 1.28. The smallest absolute Gasteiger partial charge is 0.119 e. The summed E-state index contributed by atoms with van der Waals surface area (Å²) in [6, 6.07) is 0. The summed E-state index contributed by atoms with van der Waals surface area (Å²) in [7, 11) is 0. The van der Waals surface area contributed by atoms with Gasteiger partial charge in [-0.25, -0.2) is 0 Å². The van der Waals surface area contributed by atoms with Gasteiger partial charge >= 0.3 is 0 Å². The van der Waals surface area contributed by atoms with Crippen LogP contribution in [0.25, 0.3) is 0 Å². The summed E-state index contributed by atoms with van der Waals surface area (Å²) in [5, 5.41) is 0. The van der Waals surface area contributed by atoms with E-state index in [4.69, 9.17) is 8.22 Å². The van der Waals surface area contributed by atoms with E-state index in [1.54, 1.807) is 0 Å². The first kappa shape index (κ1) is 1.57. The zero-order valence-corrected chi connectivity index (χ0v) is 4.19. The fraction of sp³-hybridized carbons (Fsp3) is 0.833. The molecule has 0 aromatic rings. The molecule has 0 aliphatic rings. The molecule has 0 atom stereocenters. The second kappa shape index (κ2) is 5.67. The van der Waals surface area contributed by atoms with Gasteiger partial charge in [-0.3, -0.25) is 0 Å². The molecule has 0 aliphatic carbocycles. The summed E-state index contributed by atoms with van der Waals surface area (Å²) in [4.78, 5) is 10.3. The lowest BCUT2D eigenvalue weighted by molar-refractivity contribution is -0.107. The summed E-state index contributed by atoms with van der Waals surface area (Å²) in [5.41, 5.74) is 0. The van der Waals surface area contributed by atoms with Crippen LogP contribution in [-0.2, 0) is 4.79 Å². The van der Waals surface area contributed by atoms with Crippen molar-refractivity contribution < 1.29 is 13.0 Å². The standard InChI is InChI=1S/C6H12O/c1-2-3-4-5-6-7/h6H,2-5H2,1H3/i3D2,4D2,5D2. The molecular formula is C6H12O. The van der Waals surface area contributed by atoms with Crippen molar-refractivity contribution in [2.75, 3.05) is 0 Å². The second-order valence-corrected chi connectivity index (χ2v) is 0.918. The van der Waals surface area contributed by atoms with Crippen LogP contribution in [0.15, 0.2) is 0 Å². The summed E-state index contributed by atoms with van der Waals surface area (Å²) in [5.74, 6) is 0. The van der Waals surface area contributed by atoms with Crippen molar-refractivity contribution >= 4 is 6.29 Å². The number of carbonyl (C=O) groups is 1. The third kappa shape index (κ3) is 5.67. The lowest BCUT2D eigenvalue weighted by Crippen LogP contribution is -1.73. The van der Waals surface area contributed by atoms with Gasteiger partial charge < -0.3 is 4.79 Å². The number of carbonyl (C=O) groups excluding carboxylic acids is 1. The zero-order chi connectivity index (χ0) is 10.9. The summed E-state index contributed by atoms with van der Waals surface area (Å²) >= 11 is 0. The predicted molar refractivity (Wildman–Crippen MR) is 30.2 cm³/mol. The van der Waals surface area contributed by atoms with Crippen LogP contribution in [0.2, 0.25) is 0 Å². The number of rotatable bonds is 4. The molecule has 42 valence electrons. The van der Waals surface area contributed by atoms with Crippen molar-refractivity contribution in [2.45, 2.75) is 32.5 Å². The molecule has 7 heavy (non-hydrogen) atoms. The summed E-state index contributed by atoms with van der Waals surface area (Å²) in [6.45, 7) is 1.40. The van der Waals surface area contributed by atoms with E-state index in [1.165, 1.54) is 6.92 Å². The molecule has 0 radical (unpaired) electrons. The van der Waals surface area contributed by atoms with Gasteiger partial charge in [0.25, 0.3) is 0 Å². The van der Waals surface area contributed by atoms with Gasteiger partial charge in [-0.05, 0) is 6.37 Å². The second-order valence-electron chi connectivity index (χ2n) is 0.918. The molecule has 0 fully saturated rings. The maximum atomic E-state index is 10.3. The molecule has 0 aromatic carbocycles. The van der Waals surface area contributed by atoms with Gasteiger partial charge in [0.2, 0.25) is 0 Å². The third-order valence-corrected chi connectivity index (χ3v) is 0.396. The molecule has 0 rings (SSSR count). The van der Waals surface area contributed by atoms with E-state index in [1.807, 2.05) is 0 Å². The van der Waals surface area contributed by atoms with Crippen LogP contribution < -0.4 is 0 Å². The molecule has 1 heteroatoms. The van der Waals surface area contributed by atoms with E-state index in [0.717, 1.165) is 0 Å². The minimum atomic E-state index is -2.81. The van der Waals surface area contributed by atoms with Gasteiger partial charge in [0, 0.05) is 14.6 Å². The maximum Gasteiger partial charge on any atom is 0.119 e. The normalized spacial score (nSPS) is 27.6. The van der Waals surface area contributed by atoms with Crippen LogP contribution in [0.3, 0.4) is 0 Å². The Bertz CT molecular complexity index is 199. The Balaban J connectivity index is 5.06. The largest absolute Gasteiger partial charge is 0.303 e. The van der Waals surface area contributed by atoms with Crippen molar-refractivity contribution in [3.63, 3.8) is 0 Å². The number of hydrogen-bond donors (Lipinski definition) is 0. The Morgan fingerprint density at radius 2 is 2.43 bits per heavy atom. The third-order valence-electron chi connectivity index (χ3n) is 0.396. The average molecular weight is 106 g/mol. The molecule has 0 saturated heterocycles. The quantitative estimate of drug-likeness (QED) is 0.499. The van der Waals surface area contributed by atoms with E-state index in [9.17, 15) is 4.79 Å². The first-order valence-corrected chi connectivity index (χ1v) is 2.09. The topological polar surface area (TPSA) is 17.1 Å². The summed E-state index contributed by atoms with van der Waals surface area (Å²) in [6.07, 6.45) is -8.34. The SMILES string of the molecule is [2H]C([2H])(C=O)C([2H])([2H])C([2H])([2H])CC. The molecule has 0 amide bonds. The molecule has 0 heterocycles. The Hall–Kier alpha value is -0.330. The van der Waals surface area contributed by atoms with Crippen LogP contribution >= 0.6 is 0 Å². The van der Waals surface area contributed by atoms with Crippen LogP contribution in [-0.4, -0.2) is 6.29 Å². The van der Waals surface area contributed by atoms with Gasteiger partial charge in [-0.15, -0.1) is 0 Å². The Labute approximate surface area is 53.2 Å². The van der Waals surface area contributed by atoms with Crippen molar-refractivity contribution in [2.24, 2.45) is 0 Å². The number of aldehydes is 1. The van der Waals surface area contributed by atoms with Crippen LogP contribution in [0.4, 0.5) is 0 Å². The van der Waals surface area contributed by atoms with Crippen molar-refractivity contribution in [3.8, 4) is 0 Å². The molecule has 0 unspecified atom stereocenters. The highest BCUT2D eigenvalue weighted by atomic mass is 16.1. The van der Waals surface area contributed by atoms with Gasteiger partial charge in [0.05, 0.1) is 0 Å². The minimum Gasteiger partial charge on any atom is -0.303 e. The van der Waals surface area contributed by atoms with Crippen LogP contribution in [0.5, 0.6) is 0 Å². The monoisotopic (exact) mass is 106 g/mol.